The Morgan fingerprint density at radius 3 is 2.42 bits per heavy atom. The van der Waals surface area contributed by atoms with Crippen molar-refractivity contribution >= 4 is 41.0 Å². The molecule has 0 aromatic heterocycles. The number of nitro groups is 1. The van der Waals surface area contributed by atoms with Crippen LogP contribution in [0.1, 0.15) is 11.1 Å². The van der Waals surface area contributed by atoms with Crippen LogP contribution < -0.4 is 32.8 Å². The molecule has 0 radical (unpaired) electrons. The van der Waals surface area contributed by atoms with Gasteiger partial charge in [0.2, 0.25) is 0 Å². The van der Waals surface area contributed by atoms with Gasteiger partial charge in [-0.2, -0.15) is 0 Å². The van der Waals surface area contributed by atoms with Gasteiger partial charge in [-0.05, 0) is 30.7 Å². The van der Waals surface area contributed by atoms with Gasteiger partial charge in [-0.25, -0.2) is 9.69 Å². The van der Waals surface area contributed by atoms with Gasteiger partial charge in [-0.15, -0.1) is 0 Å². The summed E-state index contributed by atoms with van der Waals surface area (Å²) in [7, 11) is 0. The first kappa shape index (κ1) is 23.9. The normalized spacial score (nSPS) is 17.6. The summed E-state index contributed by atoms with van der Waals surface area (Å²) in [5.74, 6) is -1.62. The van der Waals surface area contributed by atoms with Gasteiger partial charge < -0.3 is 22.6 Å². The van der Waals surface area contributed by atoms with Gasteiger partial charge in [0.25, 0.3) is 17.5 Å². The van der Waals surface area contributed by atoms with Crippen LogP contribution in [0.5, 0.6) is 0 Å². The molecule has 0 bridgehead atoms. The number of aryl methyl sites for hydroxylation is 1. The highest BCUT2D eigenvalue weighted by Crippen LogP contribution is 2.30. The summed E-state index contributed by atoms with van der Waals surface area (Å²) in [6, 6.07) is 10.4. The number of imide groups is 2. The quantitative estimate of drug-likeness (QED) is 0.229. The molecule has 2 aromatic carbocycles. The van der Waals surface area contributed by atoms with Crippen molar-refractivity contribution < 1.29 is 37.0 Å². The van der Waals surface area contributed by atoms with Crippen molar-refractivity contribution in [3.05, 3.63) is 69.3 Å². The Hall–Kier alpha value is -3.76. The highest BCUT2D eigenvalue weighted by atomic mass is 35.5. The van der Waals surface area contributed by atoms with E-state index in [-0.39, 0.29) is 23.7 Å². The molecule has 2 fully saturated rings. The number of para-hydroxylation sites is 1. The number of quaternary nitrogens is 1. The van der Waals surface area contributed by atoms with Gasteiger partial charge in [0, 0.05) is 23.4 Å². The van der Waals surface area contributed by atoms with Gasteiger partial charge in [-0.1, -0.05) is 18.2 Å². The number of amides is 4. The summed E-state index contributed by atoms with van der Waals surface area (Å²) >= 11 is 0. The van der Waals surface area contributed by atoms with E-state index in [0.717, 1.165) is 31.1 Å². The molecule has 4 rings (SSSR count). The SMILES string of the molecule is Cc1ccccc1N1C(=O)NC(=O)/C(=C/c2cc([N+](=O)[O-])ccc2N2CC[NH2+]CC2)C1=O.[Cl-]. The standard InChI is InChI=1S/C22H21N5O5.ClH/c1-14-4-2-3-5-18(14)26-21(29)17(20(28)24-22(26)30)13-15-12-16(27(31)32)6-7-19(15)25-10-8-23-9-11-25;/h2-7,12-13,23H,8-11H2,1H3,(H,24,28,30);1H/b17-13-;. The van der Waals surface area contributed by atoms with E-state index in [1.165, 1.54) is 18.2 Å². The van der Waals surface area contributed by atoms with E-state index in [1.807, 2.05) is 0 Å². The number of barbiturate groups is 1. The maximum Gasteiger partial charge on any atom is 0.335 e. The molecule has 172 valence electrons. The third kappa shape index (κ3) is 4.71. The van der Waals surface area contributed by atoms with Gasteiger partial charge in [0.05, 0.1) is 36.8 Å². The number of anilines is 2. The molecule has 0 unspecified atom stereocenters. The number of halogens is 1. The number of nitro benzene ring substituents is 1. The summed E-state index contributed by atoms with van der Waals surface area (Å²) in [5, 5.41) is 15.7. The zero-order chi connectivity index (χ0) is 22.8. The van der Waals surface area contributed by atoms with E-state index in [0.29, 0.717) is 22.5 Å². The Labute approximate surface area is 195 Å². The third-order valence-electron chi connectivity index (χ3n) is 5.53. The maximum atomic E-state index is 13.2. The van der Waals surface area contributed by atoms with E-state index in [2.05, 4.69) is 15.5 Å². The molecule has 10 nitrogen and oxygen atoms in total. The minimum absolute atomic E-state index is 0. The van der Waals surface area contributed by atoms with Crippen molar-refractivity contribution in [1.29, 1.82) is 0 Å². The lowest BCUT2D eigenvalue weighted by Crippen LogP contribution is -3.00. The molecule has 0 spiro atoms. The van der Waals surface area contributed by atoms with Crippen LogP contribution in [0.4, 0.5) is 21.9 Å². The zero-order valence-electron chi connectivity index (χ0n) is 17.8. The van der Waals surface area contributed by atoms with Crippen LogP contribution in [0, 0.1) is 17.0 Å². The number of non-ortho nitro benzene ring substituents is 1. The Balaban J connectivity index is 0.00000306. The molecule has 33 heavy (non-hydrogen) atoms. The number of carbonyl (C=O) groups is 3. The van der Waals surface area contributed by atoms with Crippen molar-refractivity contribution in [2.24, 2.45) is 0 Å². The molecule has 3 N–H and O–H groups in total. The molecular formula is C22H22ClN5O5. The highest BCUT2D eigenvalue weighted by Gasteiger charge is 2.37. The Kier molecular flexibility index (Phi) is 7.10. The molecule has 2 aliphatic heterocycles. The fraction of sp³-hybridized carbons (Fsp3) is 0.227. The van der Waals surface area contributed by atoms with E-state index < -0.39 is 22.8 Å². The minimum Gasteiger partial charge on any atom is -1.00 e. The van der Waals surface area contributed by atoms with Crippen molar-refractivity contribution in [3.8, 4) is 0 Å². The number of piperazine rings is 1. The first-order valence-electron chi connectivity index (χ1n) is 10.2. The average Bonchev–Trinajstić information content (AvgIpc) is 2.78. The number of carbonyl (C=O) groups excluding carboxylic acids is 3. The van der Waals surface area contributed by atoms with Crippen LogP contribution in [-0.2, 0) is 9.59 Å². The molecule has 2 aliphatic rings. The van der Waals surface area contributed by atoms with Crippen molar-refractivity contribution in [1.82, 2.24) is 5.32 Å². The number of rotatable bonds is 4. The van der Waals surface area contributed by atoms with E-state index in [9.17, 15) is 24.5 Å². The second kappa shape index (κ2) is 9.80. The van der Waals surface area contributed by atoms with Crippen molar-refractivity contribution in [2.45, 2.75) is 6.92 Å². The van der Waals surface area contributed by atoms with Crippen LogP contribution in [0.3, 0.4) is 0 Å². The number of nitrogens with one attached hydrogen (secondary N) is 1. The van der Waals surface area contributed by atoms with E-state index >= 15 is 0 Å². The predicted octanol–water partition coefficient (Wildman–Crippen LogP) is -2.04. The smallest absolute Gasteiger partial charge is 0.335 e. The van der Waals surface area contributed by atoms with Crippen LogP contribution in [0.2, 0.25) is 0 Å². The number of benzene rings is 2. The average molecular weight is 472 g/mol. The molecule has 11 heteroatoms. The van der Waals surface area contributed by atoms with Crippen LogP contribution in [0.25, 0.3) is 6.08 Å². The summed E-state index contributed by atoms with van der Waals surface area (Å²) in [5.41, 5.74) is 1.69. The molecule has 0 saturated carbocycles. The van der Waals surface area contributed by atoms with Gasteiger partial charge >= 0.3 is 6.03 Å². The fourth-order valence-corrected chi connectivity index (χ4v) is 3.90. The van der Waals surface area contributed by atoms with Gasteiger partial charge in [0.15, 0.2) is 0 Å². The number of nitrogens with zero attached hydrogens (tertiary/aromatic N) is 3. The number of urea groups is 1. The number of hydrogen-bond donors (Lipinski definition) is 2. The maximum absolute atomic E-state index is 13.2. The molecule has 4 amide bonds. The third-order valence-corrected chi connectivity index (χ3v) is 5.53. The summed E-state index contributed by atoms with van der Waals surface area (Å²) in [6.45, 7) is 4.93. The summed E-state index contributed by atoms with van der Waals surface area (Å²) < 4.78 is 0. The van der Waals surface area contributed by atoms with Crippen LogP contribution >= 0.6 is 0 Å². The monoisotopic (exact) mass is 471 g/mol. The topological polar surface area (TPSA) is 129 Å². The van der Waals surface area contributed by atoms with E-state index in [4.69, 9.17) is 0 Å². The summed E-state index contributed by atoms with van der Waals surface area (Å²) in [4.78, 5) is 52.1. The molecular weight excluding hydrogens is 450 g/mol. The second-order valence-corrected chi connectivity index (χ2v) is 7.60. The second-order valence-electron chi connectivity index (χ2n) is 7.60. The lowest BCUT2D eigenvalue weighted by Gasteiger charge is -2.29. The molecule has 2 aromatic rings. The van der Waals surface area contributed by atoms with Crippen LogP contribution in [-0.4, -0.2) is 48.9 Å². The number of hydrogen-bond acceptors (Lipinski definition) is 6. The van der Waals surface area contributed by atoms with E-state index in [1.54, 1.807) is 37.3 Å². The lowest BCUT2D eigenvalue weighted by atomic mass is 10.0. The number of nitrogens with two attached hydrogens (primary N) is 1. The largest absolute Gasteiger partial charge is 1.00 e. The molecule has 2 saturated heterocycles. The first-order valence-corrected chi connectivity index (χ1v) is 10.2. The zero-order valence-corrected chi connectivity index (χ0v) is 18.5. The highest BCUT2D eigenvalue weighted by molar-refractivity contribution is 6.39. The van der Waals surface area contributed by atoms with Crippen LogP contribution in [0.15, 0.2) is 48.0 Å². The predicted molar refractivity (Wildman–Crippen MR) is 117 cm³/mol. The van der Waals surface area contributed by atoms with Crippen molar-refractivity contribution in [2.75, 3.05) is 36.0 Å². The Morgan fingerprint density at radius 2 is 1.76 bits per heavy atom. The minimum atomic E-state index is -0.839. The lowest BCUT2D eigenvalue weighted by molar-refractivity contribution is -0.655. The van der Waals surface area contributed by atoms with Gasteiger partial charge in [-0.3, -0.25) is 25.0 Å². The van der Waals surface area contributed by atoms with Gasteiger partial charge in [0.1, 0.15) is 5.57 Å². The first-order chi connectivity index (χ1) is 15.4. The fourth-order valence-electron chi connectivity index (χ4n) is 3.90. The molecule has 2 heterocycles. The Morgan fingerprint density at radius 1 is 1.06 bits per heavy atom. The Bertz CT molecular complexity index is 1160. The molecule has 0 atom stereocenters. The summed E-state index contributed by atoms with van der Waals surface area (Å²) in [6.07, 6.45) is 1.33. The molecule has 0 aliphatic carbocycles. The van der Waals surface area contributed by atoms with Crippen molar-refractivity contribution in [3.63, 3.8) is 0 Å².